The molecule has 0 bridgehead atoms. The van der Waals surface area contributed by atoms with Gasteiger partial charge in [0.15, 0.2) is 5.96 Å². The number of benzene rings is 2. The van der Waals surface area contributed by atoms with Crippen LogP contribution in [0.4, 0.5) is 5.69 Å². The molecule has 2 rings (SSSR count). The highest BCUT2D eigenvalue weighted by molar-refractivity contribution is 5.92. The van der Waals surface area contributed by atoms with Gasteiger partial charge in [0, 0.05) is 12.3 Å². The molecular weight excluding hydrogens is 326 g/mol. The molecule has 0 saturated heterocycles. The van der Waals surface area contributed by atoms with E-state index < -0.39 is 0 Å². The minimum absolute atomic E-state index is 0.409. The Kier molecular flexibility index (Phi) is 8.12. The summed E-state index contributed by atoms with van der Waals surface area (Å²) in [5, 5.41) is 3.14. The van der Waals surface area contributed by atoms with Gasteiger partial charge in [-0.1, -0.05) is 30.3 Å². The average Bonchev–Trinajstić information content (AvgIpc) is 2.63. The van der Waals surface area contributed by atoms with E-state index in [0.717, 1.165) is 16.8 Å². The van der Waals surface area contributed by atoms with Gasteiger partial charge in [-0.05, 0) is 55.2 Å². The highest BCUT2D eigenvalue weighted by Crippen LogP contribution is 2.14. The van der Waals surface area contributed by atoms with E-state index in [1.54, 1.807) is 0 Å². The monoisotopic (exact) mass is 355 g/mol. The summed E-state index contributed by atoms with van der Waals surface area (Å²) in [6.45, 7) is 9.18. The Balaban J connectivity index is 1.86. The third-order valence-electron chi connectivity index (χ3n) is 4.05. The number of guanidine groups is 1. The first kappa shape index (κ1) is 19.9. The van der Waals surface area contributed by atoms with E-state index in [1.165, 1.54) is 11.1 Å². The van der Waals surface area contributed by atoms with E-state index in [4.69, 9.17) is 15.2 Å². The topological polar surface area (TPSA) is 68.9 Å². The van der Waals surface area contributed by atoms with Gasteiger partial charge in [-0.25, -0.2) is 4.99 Å². The van der Waals surface area contributed by atoms with Crippen molar-refractivity contribution in [3.63, 3.8) is 0 Å². The second-order valence-electron chi connectivity index (χ2n) is 6.19. The quantitative estimate of drug-likeness (QED) is 0.408. The summed E-state index contributed by atoms with van der Waals surface area (Å²) in [6.07, 6.45) is 0. The van der Waals surface area contributed by atoms with Gasteiger partial charge in [0.25, 0.3) is 0 Å². The Morgan fingerprint density at radius 2 is 1.77 bits per heavy atom. The summed E-state index contributed by atoms with van der Waals surface area (Å²) >= 11 is 0. The summed E-state index contributed by atoms with van der Waals surface area (Å²) in [6, 6.07) is 14.3. The second-order valence-corrected chi connectivity index (χ2v) is 6.19. The predicted molar refractivity (Wildman–Crippen MR) is 107 cm³/mol. The van der Waals surface area contributed by atoms with E-state index in [1.807, 2.05) is 31.2 Å². The molecule has 0 saturated carbocycles. The highest BCUT2D eigenvalue weighted by atomic mass is 16.5. The molecule has 5 nitrogen and oxygen atoms in total. The highest BCUT2D eigenvalue weighted by Gasteiger charge is 2.00. The van der Waals surface area contributed by atoms with E-state index >= 15 is 0 Å². The van der Waals surface area contributed by atoms with Gasteiger partial charge >= 0.3 is 0 Å². The number of nitrogens with zero attached hydrogens (tertiary/aromatic N) is 1. The fourth-order valence-corrected chi connectivity index (χ4v) is 2.45. The third kappa shape index (κ3) is 6.86. The molecular formula is C21H29N3O2. The largest absolute Gasteiger partial charge is 0.379 e. The molecule has 140 valence electrons. The van der Waals surface area contributed by atoms with Crippen LogP contribution in [-0.4, -0.2) is 25.8 Å². The Morgan fingerprint density at radius 1 is 1.00 bits per heavy atom. The standard InChI is InChI=1S/C21H29N3O2/c1-4-25-10-11-26-15-19-7-5-6-18(13-19)14-23-21(22)24-20-9-8-16(2)17(3)12-20/h5-9,12-13H,4,10-11,14-15H2,1-3H3,(H3,22,23,24). The average molecular weight is 355 g/mol. The molecule has 0 aliphatic rings. The summed E-state index contributed by atoms with van der Waals surface area (Å²) < 4.78 is 10.9. The molecule has 0 unspecified atom stereocenters. The second kappa shape index (κ2) is 10.6. The molecule has 0 spiro atoms. The van der Waals surface area contributed by atoms with Crippen molar-refractivity contribution in [3.8, 4) is 0 Å². The molecule has 0 atom stereocenters. The van der Waals surface area contributed by atoms with Crippen LogP contribution in [0, 0.1) is 13.8 Å². The molecule has 0 amide bonds. The molecule has 0 fully saturated rings. The van der Waals surface area contributed by atoms with Crippen LogP contribution in [0.2, 0.25) is 0 Å². The first-order valence-electron chi connectivity index (χ1n) is 8.96. The fraction of sp³-hybridized carbons (Fsp3) is 0.381. The number of aryl methyl sites for hydroxylation is 2. The molecule has 5 heteroatoms. The van der Waals surface area contributed by atoms with Crippen LogP contribution < -0.4 is 11.1 Å². The van der Waals surface area contributed by atoms with Crippen LogP contribution in [0.15, 0.2) is 47.5 Å². The molecule has 0 aromatic heterocycles. The minimum atomic E-state index is 0.409. The molecule has 2 aromatic rings. The first-order chi connectivity index (χ1) is 12.6. The zero-order valence-electron chi connectivity index (χ0n) is 15.9. The summed E-state index contributed by atoms with van der Waals surface area (Å²) in [5.41, 5.74) is 11.7. The van der Waals surface area contributed by atoms with Gasteiger partial charge in [0.05, 0.1) is 26.4 Å². The van der Waals surface area contributed by atoms with Crippen LogP contribution in [0.3, 0.4) is 0 Å². The van der Waals surface area contributed by atoms with E-state index in [9.17, 15) is 0 Å². The van der Waals surface area contributed by atoms with Crippen molar-refractivity contribution in [2.75, 3.05) is 25.1 Å². The van der Waals surface area contributed by atoms with Gasteiger partial charge in [-0.15, -0.1) is 0 Å². The van der Waals surface area contributed by atoms with Crippen molar-refractivity contribution < 1.29 is 9.47 Å². The van der Waals surface area contributed by atoms with E-state index in [-0.39, 0.29) is 0 Å². The number of nitrogens with two attached hydrogens (primary N) is 1. The van der Waals surface area contributed by atoms with Crippen molar-refractivity contribution in [1.29, 1.82) is 0 Å². The van der Waals surface area contributed by atoms with Crippen LogP contribution in [0.5, 0.6) is 0 Å². The number of aliphatic imine (C=N–C) groups is 1. The maximum atomic E-state index is 6.01. The van der Waals surface area contributed by atoms with Crippen LogP contribution in [0.25, 0.3) is 0 Å². The van der Waals surface area contributed by atoms with Crippen molar-refractivity contribution in [2.45, 2.75) is 33.9 Å². The number of nitrogens with one attached hydrogen (secondary N) is 1. The Hall–Kier alpha value is -2.37. The van der Waals surface area contributed by atoms with Crippen molar-refractivity contribution >= 4 is 11.6 Å². The molecule has 0 radical (unpaired) electrons. The SMILES string of the molecule is CCOCCOCc1cccc(CN=C(N)Nc2ccc(C)c(C)c2)c1. The van der Waals surface area contributed by atoms with Gasteiger partial charge < -0.3 is 20.5 Å². The Morgan fingerprint density at radius 3 is 2.54 bits per heavy atom. The lowest BCUT2D eigenvalue weighted by atomic mass is 10.1. The van der Waals surface area contributed by atoms with Gasteiger partial charge in [0.2, 0.25) is 0 Å². The third-order valence-corrected chi connectivity index (χ3v) is 4.05. The zero-order valence-corrected chi connectivity index (χ0v) is 15.9. The molecule has 3 N–H and O–H groups in total. The normalized spacial score (nSPS) is 11.6. The molecule has 2 aromatic carbocycles. The van der Waals surface area contributed by atoms with Crippen LogP contribution in [0.1, 0.15) is 29.2 Å². The van der Waals surface area contributed by atoms with E-state index in [0.29, 0.717) is 38.9 Å². The number of hydrogen-bond acceptors (Lipinski definition) is 3. The van der Waals surface area contributed by atoms with Crippen molar-refractivity contribution in [1.82, 2.24) is 0 Å². The number of rotatable bonds is 9. The number of ether oxygens (including phenoxy) is 2. The molecule has 26 heavy (non-hydrogen) atoms. The van der Waals surface area contributed by atoms with Gasteiger partial charge in [0.1, 0.15) is 0 Å². The minimum Gasteiger partial charge on any atom is -0.379 e. The van der Waals surface area contributed by atoms with Crippen LogP contribution >= 0.6 is 0 Å². The van der Waals surface area contributed by atoms with Crippen LogP contribution in [-0.2, 0) is 22.6 Å². The fourth-order valence-electron chi connectivity index (χ4n) is 2.45. The molecule has 0 heterocycles. The number of anilines is 1. The lowest BCUT2D eigenvalue weighted by Gasteiger charge is -2.09. The predicted octanol–water partition coefficient (Wildman–Crippen LogP) is 3.78. The summed E-state index contributed by atoms with van der Waals surface area (Å²) in [4.78, 5) is 4.43. The zero-order chi connectivity index (χ0) is 18.8. The summed E-state index contributed by atoms with van der Waals surface area (Å²) in [5.74, 6) is 0.409. The lowest BCUT2D eigenvalue weighted by Crippen LogP contribution is -2.22. The first-order valence-corrected chi connectivity index (χ1v) is 8.96. The Bertz CT molecular complexity index is 729. The molecule has 0 aliphatic carbocycles. The van der Waals surface area contributed by atoms with Crippen molar-refractivity contribution in [3.05, 3.63) is 64.7 Å². The van der Waals surface area contributed by atoms with Crippen molar-refractivity contribution in [2.24, 2.45) is 10.7 Å². The summed E-state index contributed by atoms with van der Waals surface area (Å²) in [7, 11) is 0. The van der Waals surface area contributed by atoms with Gasteiger partial charge in [-0.2, -0.15) is 0 Å². The molecule has 0 aliphatic heterocycles. The maximum absolute atomic E-state index is 6.01. The van der Waals surface area contributed by atoms with Gasteiger partial charge in [-0.3, -0.25) is 0 Å². The van der Waals surface area contributed by atoms with E-state index in [2.05, 4.69) is 42.4 Å². The number of hydrogen-bond donors (Lipinski definition) is 2. The Labute approximate surface area is 156 Å². The lowest BCUT2D eigenvalue weighted by molar-refractivity contribution is 0.0453. The smallest absolute Gasteiger partial charge is 0.193 e. The maximum Gasteiger partial charge on any atom is 0.193 e.